The van der Waals surface area contributed by atoms with Crippen LogP contribution in [0.4, 0.5) is 10.1 Å². The standard InChI is InChI=1S/C18H17FN4OS/c1-10-11(2)21-22-16-13(10)14(20)15(25-16)17(24)23-8-18(19,9-23)12-6-4-3-5-7-12/h3-7H,8-9,20H2,1-2H3. The second kappa shape index (κ2) is 5.49. The van der Waals surface area contributed by atoms with Crippen LogP contribution in [0, 0.1) is 13.8 Å². The largest absolute Gasteiger partial charge is 0.397 e. The van der Waals surface area contributed by atoms with Gasteiger partial charge >= 0.3 is 0 Å². The third-order valence-electron chi connectivity index (χ3n) is 4.79. The molecule has 3 aromatic rings. The summed E-state index contributed by atoms with van der Waals surface area (Å²) in [6.45, 7) is 3.84. The van der Waals surface area contributed by atoms with Crippen molar-refractivity contribution in [3.05, 3.63) is 52.0 Å². The van der Waals surface area contributed by atoms with Crippen LogP contribution in [0.1, 0.15) is 26.5 Å². The minimum absolute atomic E-state index is 0.0349. The molecule has 0 radical (unpaired) electrons. The first kappa shape index (κ1) is 16.0. The summed E-state index contributed by atoms with van der Waals surface area (Å²) in [5, 5.41) is 8.98. The Balaban J connectivity index is 1.62. The summed E-state index contributed by atoms with van der Waals surface area (Å²) in [7, 11) is 0. The molecule has 5 nitrogen and oxygen atoms in total. The van der Waals surface area contributed by atoms with E-state index in [4.69, 9.17) is 5.73 Å². The average Bonchev–Trinajstić information content (AvgIpc) is 2.93. The maximum absolute atomic E-state index is 14.9. The number of fused-ring (bicyclic) bond motifs is 1. The highest BCUT2D eigenvalue weighted by molar-refractivity contribution is 7.21. The lowest BCUT2D eigenvalue weighted by Crippen LogP contribution is -2.58. The van der Waals surface area contributed by atoms with E-state index in [0.29, 0.717) is 21.0 Å². The van der Waals surface area contributed by atoms with E-state index in [-0.39, 0.29) is 19.0 Å². The van der Waals surface area contributed by atoms with E-state index in [2.05, 4.69) is 10.2 Å². The van der Waals surface area contributed by atoms with Gasteiger partial charge in [0.2, 0.25) is 0 Å². The van der Waals surface area contributed by atoms with Crippen LogP contribution in [0.3, 0.4) is 0 Å². The van der Waals surface area contributed by atoms with Gasteiger partial charge in [-0.25, -0.2) is 4.39 Å². The molecule has 2 aromatic heterocycles. The molecule has 0 aliphatic carbocycles. The van der Waals surface area contributed by atoms with Crippen LogP contribution in [0.2, 0.25) is 0 Å². The third-order valence-corrected chi connectivity index (χ3v) is 5.87. The molecule has 2 N–H and O–H groups in total. The third kappa shape index (κ3) is 2.38. The smallest absolute Gasteiger partial charge is 0.266 e. The highest BCUT2D eigenvalue weighted by atomic mass is 32.1. The second-order valence-electron chi connectivity index (χ2n) is 6.43. The van der Waals surface area contributed by atoms with Crippen molar-refractivity contribution >= 4 is 33.1 Å². The van der Waals surface area contributed by atoms with Crippen molar-refractivity contribution in [3.63, 3.8) is 0 Å². The molecule has 1 fully saturated rings. The number of halogens is 1. The molecule has 1 aliphatic rings. The van der Waals surface area contributed by atoms with Gasteiger partial charge in [-0.05, 0) is 25.0 Å². The summed E-state index contributed by atoms with van der Waals surface area (Å²) in [5.74, 6) is -0.248. The lowest BCUT2D eigenvalue weighted by molar-refractivity contribution is -0.0227. The minimum atomic E-state index is -1.49. The number of anilines is 1. The highest BCUT2D eigenvalue weighted by Crippen LogP contribution is 2.40. The lowest BCUT2D eigenvalue weighted by atomic mass is 9.88. The predicted octanol–water partition coefficient (Wildman–Crippen LogP) is 3.21. The van der Waals surface area contributed by atoms with Crippen molar-refractivity contribution in [2.75, 3.05) is 18.8 Å². The molecule has 3 heterocycles. The minimum Gasteiger partial charge on any atom is -0.397 e. The van der Waals surface area contributed by atoms with Crippen LogP contribution in [-0.4, -0.2) is 34.1 Å². The summed E-state index contributed by atoms with van der Waals surface area (Å²) in [6.07, 6.45) is 0. The van der Waals surface area contributed by atoms with Crippen LogP contribution in [0.15, 0.2) is 30.3 Å². The summed E-state index contributed by atoms with van der Waals surface area (Å²) < 4.78 is 14.9. The zero-order chi connectivity index (χ0) is 17.8. The number of thiophene rings is 1. The number of hydrogen-bond acceptors (Lipinski definition) is 5. The molecular weight excluding hydrogens is 339 g/mol. The fourth-order valence-corrected chi connectivity index (χ4v) is 4.23. The molecule has 1 saturated heterocycles. The SMILES string of the molecule is Cc1nnc2sc(C(=O)N3CC(F)(c4ccccc4)C3)c(N)c2c1C. The molecule has 1 aromatic carbocycles. The van der Waals surface area contributed by atoms with E-state index >= 15 is 0 Å². The summed E-state index contributed by atoms with van der Waals surface area (Å²) in [5.41, 5.74) is 7.43. The van der Waals surface area contributed by atoms with Gasteiger partial charge in [0.25, 0.3) is 5.91 Å². The molecule has 0 atom stereocenters. The van der Waals surface area contributed by atoms with Crippen LogP contribution in [0.25, 0.3) is 10.2 Å². The molecule has 1 aliphatic heterocycles. The topological polar surface area (TPSA) is 72.1 Å². The number of alkyl halides is 1. The maximum atomic E-state index is 14.9. The summed E-state index contributed by atoms with van der Waals surface area (Å²) in [4.78, 5) is 15.3. The number of likely N-dealkylation sites (tertiary alicyclic amines) is 1. The second-order valence-corrected chi connectivity index (χ2v) is 7.43. The van der Waals surface area contributed by atoms with Crippen molar-refractivity contribution in [1.82, 2.24) is 15.1 Å². The van der Waals surface area contributed by atoms with Crippen LogP contribution in [-0.2, 0) is 5.67 Å². The zero-order valence-electron chi connectivity index (χ0n) is 13.9. The molecule has 0 saturated carbocycles. The summed E-state index contributed by atoms with van der Waals surface area (Å²) >= 11 is 1.22. The monoisotopic (exact) mass is 356 g/mol. The van der Waals surface area contributed by atoms with Crippen LogP contribution >= 0.6 is 11.3 Å². The molecule has 25 heavy (non-hydrogen) atoms. The number of nitrogens with two attached hydrogens (primary N) is 1. The van der Waals surface area contributed by atoms with E-state index in [1.807, 2.05) is 19.9 Å². The number of carbonyl (C=O) groups excluding carboxylic acids is 1. The molecule has 0 unspecified atom stereocenters. The zero-order valence-corrected chi connectivity index (χ0v) is 14.7. The van der Waals surface area contributed by atoms with Gasteiger partial charge in [0, 0.05) is 5.39 Å². The Morgan fingerprint density at radius 1 is 1.24 bits per heavy atom. The van der Waals surface area contributed by atoms with Gasteiger partial charge in [0.1, 0.15) is 9.71 Å². The number of nitrogens with zero attached hydrogens (tertiary/aromatic N) is 3. The van der Waals surface area contributed by atoms with Crippen molar-refractivity contribution in [1.29, 1.82) is 0 Å². The van der Waals surface area contributed by atoms with E-state index in [1.165, 1.54) is 16.2 Å². The number of benzene rings is 1. The average molecular weight is 356 g/mol. The molecule has 0 spiro atoms. The van der Waals surface area contributed by atoms with Gasteiger partial charge in [-0.2, -0.15) is 5.10 Å². The Morgan fingerprint density at radius 2 is 1.92 bits per heavy atom. The Kier molecular flexibility index (Phi) is 3.50. The first-order valence-electron chi connectivity index (χ1n) is 7.96. The number of carbonyl (C=O) groups is 1. The van der Waals surface area contributed by atoms with Crippen molar-refractivity contribution in [2.45, 2.75) is 19.5 Å². The van der Waals surface area contributed by atoms with Crippen LogP contribution < -0.4 is 5.73 Å². The molecular formula is C18H17FN4OS. The Labute approximate surface area is 148 Å². The van der Waals surface area contributed by atoms with E-state index in [1.54, 1.807) is 24.3 Å². The van der Waals surface area contributed by atoms with Crippen molar-refractivity contribution < 1.29 is 9.18 Å². The predicted molar refractivity (Wildman–Crippen MR) is 96.4 cm³/mol. The quantitative estimate of drug-likeness (QED) is 0.765. The van der Waals surface area contributed by atoms with Gasteiger partial charge in [-0.3, -0.25) is 4.79 Å². The van der Waals surface area contributed by atoms with Gasteiger partial charge < -0.3 is 10.6 Å². The van der Waals surface area contributed by atoms with Gasteiger partial charge in [-0.1, -0.05) is 30.3 Å². The molecule has 4 rings (SSSR count). The van der Waals surface area contributed by atoms with E-state index < -0.39 is 5.67 Å². The first-order valence-corrected chi connectivity index (χ1v) is 8.78. The van der Waals surface area contributed by atoms with Gasteiger partial charge in [0.15, 0.2) is 5.67 Å². The first-order chi connectivity index (χ1) is 11.9. The maximum Gasteiger partial charge on any atom is 0.266 e. The fourth-order valence-electron chi connectivity index (χ4n) is 3.16. The Morgan fingerprint density at radius 3 is 2.60 bits per heavy atom. The highest BCUT2D eigenvalue weighted by Gasteiger charge is 2.47. The number of amides is 1. The van der Waals surface area contributed by atoms with Crippen LogP contribution in [0.5, 0.6) is 0 Å². The Bertz CT molecular complexity index is 980. The number of aryl methyl sites for hydroxylation is 2. The lowest BCUT2D eigenvalue weighted by Gasteiger charge is -2.44. The summed E-state index contributed by atoms with van der Waals surface area (Å²) in [6, 6.07) is 8.94. The van der Waals surface area contributed by atoms with Crippen molar-refractivity contribution in [3.8, 4) is 0 Å². The molecule has 7 heteroatoms. The molecule has 1 amide bonds. The van der Waals surface area contributed by atoms with E-state index in [0.717, 1.165) is 16.6 Å². The Hall–Kier alpha value is -2.54. The molecule has 128 valence electrons. The van der Waals surface area contributed by atoms with E-state index in [9.17, 15) is 9.18 Å². The van der Waals surface area contributed by atoms with Crippen molar-refractivity contribution in [2.24, 2.45) is 0 Å². The fraction of sp³-hybridized carbons (Fsp3) is 0.278. The van der Waals surface area contributed by atoms with Gasteiger partial charge in [0.05, 0.1) is 24.5 Å². The number of nitrogen functional groups attached to an aromatic ring is 1. The van der Waals surface area contributed by atoms with Gasteiger partial charge in [-0.15, -0.1) is 16.4 Å². The number of rotatable bonds is 2. The number of hydrogen-bond donors (Lipinski definition) is 1. The normalized spacial score (nSPS) is 16.0. The number of aromatic nitrogens is 2. The molecule has 0 bridgehead atoms.